The summed E-state index contributed by atoms with van der Waals surface area (Å²) in [6.07, 6.45) is 1.58. The first-order valence-electron chi connectivity index (χ1n) is 2.26. The first-order valence-corrected chi connectivity index (χ1v) is 2.26. The first kappa shape index (κ1) is 7.07. The molecule has 0 saturated carbocycles. The summed E-state index contributed by atoms with van der Waals surface area (Å²) in [5, 5.41) is 8.66. The lowest BCUT2D eigenvalue weighted by atomic mass is 11.1. The van der Waals surface area contributed by atoms with E-state index in [1.54, 1.807) is 27.5 Å². The molecule has 0 spiro atoms. The molecule has 0 aliphatic rings. The zero-order valence-corrected chi connectivity index (χ0v) is 5.37. The highest BCUT2D eigenvalue weighted by atomic mass is 15.5. The van der Waals surface area contributed by atoms with Gasteiger partial charge in [0.2, 0.25) is 0 Å². The molecular weight excluding hydrogens is 104 g/mol. The van der Waals surface area contributed by atoms with Gasteiger partial charge in [0, 0.05) is 14.1 Å². The van der Waals surface area contributed by atoms with Gasteiger partial charge in [-0.2, -0.15) is 5.11 Å². The summed E-state index contributed by atoms with van der Waals surface area (Å²) in [6, 6.07) is 0. The molecule has 0 rings (SSSR count). The summed E-state index contributed by atoms with van der Waals surface area (Å²) in [7, 11) is 5.06. The van der Waals surface area contributed by atoms with Gasteiger partial charge in [0.05, 0.1) is 7.05 Å². The second kappa shape index (κ2) is 4.23. The Morgan fingerprint density at radius 1 is 1.38 bits per heavy atom. The molecule has 46 valence electrons. The maximum atomic E-state index is 3.70. The van der Waals surface area contributed by atoms with Gasteiger partial charge in [-0.25, -0.2) is 5.01 Å². The monoisotopic (exact) mass is 114 g/mol. The van der Waals surface area contributed by atoms with Crippen LogP contribution in [-0.4, -0.2) is 32.5 Å². The Labute approximate surface area is 48.9 Å². The second-order valence-electron chi connectivity index (χ2n) is 1.24. The van der Waals surface area contributed by atoms with E-state index in [1.165, 1.54) is 5.01 Å². The van der Waals surface area contributed by atoms with Crippen LogP contribution >= 0.6 is 0 Å². The zero-order valence-electron chi connectivity index (χ0n) is 5.37. The van der Waals surface area contributed by atoms with Crippen LogP contribution in [0.25, 0.3) is 0 Å². The molecule has 8 heavy (non-hydrogen) atoms. The molecule has 0 saturated heterocycles. The van der Waals surface area contributed by atoms with Crippen LogP contribution in [0.1, 0.15) is 0 Å². The number of aliphatic imine (C=N–C) groups is 1. The summed E-state index contributed by atoms with van der Waals surface area (Å²) in [5.74, 6) is 0. The van der Waals surface area contributed by atoms with Crippen LogP contribution in [0.2, 0.25) is 0 Å². The predicted octanol–water partition coefficient (Wildman–Crippen LogP) is 0.573. The molecule has 0 aromatic carbocycles. The van der Waals surface area contributed by atoms with Crippen LogP contribution in [-0.2, 0) is 0 Å². The van der Waals surface area contributed by atoms with Crippen molar-refractivity contribution in [2.45, 2.75) is 0 Å². The zero-order chi connectivity index (χ0) is 6.41. The Bertz CT molecular complexity index is 84.2. The van der Waals surface area contributed by atoms with Gasteiger partial charge >= 0.3 is 0 Å². The fourth-order valence-corrected chi connectivity index (χ4v) is 0.331. The van der Waals surface area contributed by atoms with Gasteiger partial charge in [-0.1, -0.05) is 5.22 Å². The normalized spacial score (nSPS) is 11.4. The van der Waals surface area contributed by atoms with Crippen LogP contribution in [0.4, 0.5) is 0 Å². The average Bonchev–Trinajstić information content (AvgIpc) is 1.68. The Morgan fingerprint density at radius 2 is 2.00 bits per heavy atom. The van der Waals surface area contributed by atoms with Crippen molar-refractivity contribution in [3.05, 3.63) is 0 Å². The number of hydrogen-bond donors (Lipinski definition) is 0. The van der Waals surface area contributed by atoms with Crippen LogP contribution in [0.15, 0.2) is 15.3 Å². The Kier molecular flexibility index (Phi) is 3.74. The summed E-state index contributed by atoms with van der Waals surface area (Å²) in [5.41, 5.74) is 0. The minimum absolute atomic E-state index is 1.53. The molecule has 0 aliphatic carbocycles. The van der Waals surface area contributed by atoms with E-state index < -0.39 is 0 Å². The Morgan fingerprint density at radius 3 is 2.38 bits per heavy atom. The highest BCUT2D eigenvalue weighted by Crippen LogP contribution is 1.75. The van der Waals surface area contributed by atoms with Gasteiger partial charge in [0.25, 0.3) is 0 Å². The van der Waals surface area contributed by atoms with Crippen LogP contribution in [0.3, 0.4) is 0 Å². The van der Waals surface area contributed by atoms with E-state index in [1.807, 2.05) is 0 Å². The molecule has 4 heteroatoms. The van der Waals surface area contributed by atoms with Crippen LogP contribution in [0.5, 0.6) is 0 Å². The second-order valence-corrected chi connectivity index (χ2v) is 1.24. The lowest BCUT2D eigenvalue weighted by molar-refractivity contribution is 0.516. The van der Waals surface area contributed by atoms with E-state index >= 15 is 0 Å². The highest BCUT2D eigenvalue weighted by molar-refractivity contribution is 5.53. The van der Waals surface area contributed by atoms with Gasteiger partial charge in [-0.3, -0.25) is 4.99 Å². The largest absolute Gasteiger partial charge is 0.277 e. The van der Waals surface area contributed by atoms with Gasteiger partial charge in [0.1, 0.15) is 6.34 Å². The summed E-state index contributed by atoms with van der Waals surface area (Å²) in [4.78, 5) is 3.70. The highest BCUT2D eigenvalue weighted by Gasteiger charge is 1.77. The molecule has 0 heterocycles. The van der Waals surface area contributed by atoms with Crippen molar-refractivity contribution in [2.24, 2.45) is 15.3 Å². The van der Waals surface area contributed by atoms with Gasteiger partial charge in [-0.05, 0) is 0 Å². The summed E-state index contributed by atoms with van der Waals surface area (Å²) in [6.45, 7) is 0. The van der Waals surface area contributed by atoms with Crippen molar-refractivity contribution < 1.29 is 0 Å². The van der Waals surface area contributed by atoms with Crippen molar-refractivity contribution in [3.8, 4) is 0 Å². The fourth-order valence-electron chi connectivity index (χ4n) is 0.331. The van der Waals surface area contributed by atoms with E-state index in [-0.39, 0.29) is 0 Å². The van der Waals surface area contributed by atoms with Gasteiger partial charge < -0.3 is 0 Å². The Hall–Kier alpha value is -0.930. The summed E-state index contributed by atoms with van der Waals surface area (Å²) >= 11 is 0. The first-order chi connectivity index (χ1) is 3.81. The molecule has 0 amide bonds. The SMILES string of the molecule is CN=CN(C)N=NC. The molecule has 0 atom stereocenters. The van der Waals surface area contributed by atoms with Crippen LogP contribution < -0.4 is 0 Å². The molecule has 0 fully saturated rings. The number of nitrogens with zero attached hydrogens (tertiary/aromatic N) is 4. The van der Waals surface area contributed by atoms with Crippen molar-refractivity contribution >= 4 is 6.34 Å². The fraction of sp³-hybridized carbons (Fsp3) is 0.750. The molecular formula is C4H10N4. The topological polar surface area (TPSA) is 40.3 Å². The molecule has 0 N–H and O–H groups in total. The molecule has 0 unspecified atom stereocenters. The quantitative estimate of drug-likeness (QED) is 0.224. The maximum absolute atomic E-state index is 3.70. The standard InChI is InChI=1S/C4H10N4/c1-5-4-8(3)7-6-2/h4H,1-3H3. The van der Waals surface area contributed by atoms with E-state index in [4.69, 9.17) is 0 Å². The van der Waals surface area contributed by atoms with Gasteiger partial charge in [-0.15, -0.1) is 0 Å². The minimum atomic E-state index is 1.53. The summed E-state index contributed by atoms with van der Waals surface area (Å²) < 4.78 is 0. The van der Waals surface area contributed by atoms with E-state index in [0.717, 1.165) is 0 Å². The molecule has 0 radical (unpaired) electrons. The third-order valence-electron chi connectivity index (χ3n) is 0.513. The van der Waals surface area contributed by atoms with Crippen molar-refractivity contribution in [1.82, 2.24) is 5.01 Å². The van der Waals surface area contributed by atoms with Crippen molar-refractivity contribution in [3.63, 3.8) is 0 Å². The predicted molar refractivity (Wildman–Crippen MR) is 33.0 cm³/mol. The van der Waals surface area contributed by atoms with E-state index in [0.29, 0.717) is 0 Å². The molecule has 0 aromatic rings. The third-order valence-corrected chi connectivity index (χ3v) is 0.513. The smallest absolute Gasteiger partial charge is 0.107 e. The molecule has 0 bridgehead atoms. The van der Waals surface area contributed by atoms with E-state index in [9.17, 15) is 0 Å². The van der Waals surface area contributed by atoms with E-state index in [2.05, 4.69) is 15.3 Å². The lowest BCUT2D eigenvalue weighted by Gasteiger charge is -1.98. The average molecular weight is 114 g/mol. The van der Waals surface area contributed by atoms with Crippen molar-refractivity contribution in [1.29, 1.82) is 0 Å². The molecule has 4 nitrogen and oxygen atoms in total. The lowest BCUT2D eigenvalue weighted by Crippen LogP contribution is -2.05. The molecule has 0 aromatic heterocycles. The third kappa shape index (κ3) is 3.27. The maximum Gasteiger partial charge on any atom is 0.107 e. The number of hydrogen-bond acceptors (Lipinski definition) is 3. The van der Waals surface area contributed by atoms with Crippen LogP contribution in [0, 0.1) is 0 Å². The molecule has 0 aliphatic heterocycles. The van der Waals surface area contributed by atoms with Gasteiger partial charge in [0.15, 0.2) is 0 Å². The number of rotatable bonds is 2. The minimum Gasteiger partial charge on any atom is -0.277 e. The Balaban J connectivity index is 3.47. The van der Waals surface area contributed by atoms with Crippen molar-refractivity contribution in [2.75, 3.05) is 21.1 Å².